The lowest BCUT2D eigenvalue weighted by Gasteiger charge is -2.24. The highest BCUT2D eigenvalue weighted by molar-refractivity contribution is 8.00. The van der Waals surface area contributed by atoms with Gasteiger partial charge in [-0.3, -0.25) is 4.79 Å². The topological polar surface area (TPSA) is 58.2 Å². The molecule has 1 aromatic heterocycles. The number of hydrogen-bond donors (Lipinski definition) is 1. The molecule has 0 spiro atoms. The average molecular weight is 369 g/mol. The van der Waals surface area contributed by atoms with Crippen molar-refractivity contribution >= 4 is 28.7 Å². The fourth-order valence-electron chi connectivity index (χ4n) is 2.85. The van der Waals surface area contributed by atoms with Gasteiger partial charge in [0.1, 0.15) is 11.0 Å². The Kier molecular flexibility index (Phi) is 5.83. The van der Waals surface area contributed by atoms with E-state index in [0.717, 1.165) is 27.5 Å². The quantitative estimate of drug-likeness (QED) is 0.632. The number of nitrogens with zero attached hydrogens (tertiary/aromatic N) is 2. The molecule has 0 saturated carbocycles. The lowest BCUT2D eigenvalue weighted by atomic mass is 10.1. The number of ether oxygens (including phenoxy) is 1. The molecule has 0 bridgehead atoms. The Labute approximate surface area is 157 Å². The number of imidazole rings is 1. The molecule has 1 heterocycles. The average Bonchev–Trinajstić information content (AvgIpc) is 3.09. The fraction of sp³-hybridized carbons (Fsp3) is 0.300. The van der Waals surface area contributed by atoms with Gasteiger partial charge in [-0.1, -0.05) is 42.1 Å². The summed E-state index contributed by atoms with van der Waals surface area (Å²) < 4.78 is 5.27. The van der Waals surface area contributed by atoms with E-state index in [1.165, 1.54) is 11.8 Å². The molecule has 0 aliphatic heterocycles. The number of likely N-dealkylation sites (N-methyl/N-ethyl adjacent to an activating group) is 1. The van der Waals surface area contributed by atoms with Crippen molar-refractivity contribution in [3.63, 3.8) is 0 Å². The molecule has 0 aliphatic carbocycles. The molecule has 3 aromatic rings. The number of fused-ring (bicyclic) bond motifs is 1. The zero-order valence-corrected chi connectivity index (χ0v) is 16.0. The first-order chi connectivity index (χ1) is 12.7. The zero-order chi connectivity index (χ0) is 18.5. The highest BCUT2D eigenvalue weighted by Crippen LogP contribution is 2.36. The normalized spacial score (nSPS) is 12.1. The highest BCUT2D eigenvalue weighted by atomic mass is 32.2. The molecule has 136 valence electrons. The Morgan fingerprint density at radius 3 is 2.58 bits per heavy atom. The van der Waals surface area contributed by atoms with Crippen molar-refractivity contribution in [1.29, 1.82) is 0 Å². The van der Waals surface area contributed by atoms with Crippen LogP contribution in [0, 0.1) is 0 Å². The fourth-order valence-corrected chi connectivity index (χ4v) is 3.94. The lowest BCUT2D eigenvalue weighted by molar-refractivity contribution is -0.130. The summed E-state index contributed by atoms with van der Waals surface area (Å²) in [5.74, 6) is 0.876. The van der Waals surface area contributed by atoms with Crippen molar-refractivity contribution in [2.45, 2.75) is 24.3 Å². The van der Waals surface area contributed by atoms with Crippen LogP contribution in [0.1, 0.15) is 24.7 Å². The number of thioether (sulfide) groups is 1. The number of carbonyl (C=O) groups excluding carboxylic acids is 1. The van der Waals surface area contributed by atoms with Crippen LogP contribution in [0.2, 0.25) is 0 Å². The van der Waals surface area contributed by atoms with Crippen molar-refractivity contribution in [1.82, 2.24) is 14.9 Å². The third-order valence-corrected chi connectivity index (χ3v) is 5.42. The van der Waals surface area contributed by atoms with E-state index < -0.39 is 0 Å². The molecule has 26 heavy (non-hydrogen) atoms. The number of aromatic amines is 1. The Bertz CT molecular complexity index is 875. The van der Waals surface area contributed by atoms with Crippen LogP contribution in [0.15, 0.2) is 53.7 Å². The van der Waals surface area contributed by atoms with Crippen LogP contribution in [0.3, 0.4) is 0 Å². The Hall–Kier alpha value is -2.47. The van der Waals surface area contributed by atoms with Crippen molar-refractivity contribution in [3.8, 4) is 5.75 Å². The van der Waals surface area contributed by atoms with Gasteiger partial charge in [-0.05, 0) is 31.5 Å². The van der Waals surface area contributed by atoms with Gasteiger partial charge in [-0.15, -0.1) is 0 Å². The summed E-state index contributed by atoms with van der Waals surface area (Å²) in [7, 11) is 1.64. The predicted octanol–water partition coefficient (Wildman–Crippen LogP) is 4.27. The Morgan fingerprint density at radius 1 is 1.19 bits per heavy atom. The van der Waals surface area contributed by atoms with Gasteiger partial charge >= 0.3 is 0 Å². The molecule has 0 fully saturated rings. The molecule has 3 rings (SSSR count). The van der Waals surface area contributed by atoms with E-state index in [1.54, 1.807) is 7.11 Å². The number of benzene rings is 2. The molecule has 1 N–H and O–H groups in total. The Balaban J connectivity index is 1.93. The maximum atomic E-state index is 13.1. The van der Waals surface area contributed by atoms with Gasteiger partial charge < -0.3 is 14.6 Å². The number of hydrogen-bond acceptors (Lipinski definition) is 4. The van der Waals surface area contributed by atoms with E-state index in [1.807, 2.05) is 67.3 Å². The summed E-state index contributed by atoms with van der Waals surface area (Å²) >= 11 is 1.45. The summed E-state index contributed by atoms with van der Waals surface area (Å²) in [6, 6.07) is 15.6. The smallest absolute Gasteiger partial charge is 0.240 e. The Morgan fingerprint density at radius 2 is 1.92 bits per heavy atom. The third-order valence-electron chi connectivity index (χ3n) is 4.30. The summed E-state index contributed by atoms with van der Waals surface area (Å²) in [6.45, 7) is 5.39. The van der Waals surface area contributed by atoms with Crippen LogP contribution in [-0.2, 0) is 4.79 Å². The first-order valence-corrected chi connectivity index (χ1v) is 9.58. The first-order valence-electron chi connectivity index (χ1n) is 8.70. The van der Waals surface area contributed by atoms with Crippen LogP contribution in [0.25, 0.3) is 11.0 Å². The first kappa shape index (κ1) is 18.3. The van der Waals surface area contributed by atoms with Crippen LogP contribution >= 0.6 is 11.8 Å². The molecule has 1 atom stereocenters. The highest BCUT2D eigenvalue weighted by Gasteiger charge is 2.26. The van der Waals surface area contributed by atoms with E-state index >= 15 is 0 Å². The molecule has 0 aliphatic rings. The molecule has 5 nitrogen and oxygen atoms in total. The number of carbonyl (C=O) groups is 1. The number of aromatic nitrogens is 2. The molecule has 6 heteroatoms. The van der Waals surface area contributed by atoms with Gasteiger partial charge in [0.2, 0.25) is 5.91 Å². The molecule has 0 saturated heterocycles. The molecular formula is C20H23N3O2S. The van der Waals surface area contributed by atoms with Gasteiger partial charge in [-0.2, -0.15) is 0 Å². The minimum absolute atomic E-state index is 0.101. The number of nitrogens with one attached hydrogen (secondary N) is 1. The largest absolute Gasteiger partial charge is 0.497 e. The van der Waals surface area contributed by atoms with E-state index in [4.69, 9.17) is 4.74 Å². The number of rotatable bonds is 7. The summed E-state index contributed by atoms with van der Waals surface area (Å²) in [5.41, 5.74) is 2.73. The summed E-state index contributed by atoms with van der Waals surface area (Å²) in [4.78, 5) is 22.9. The zero-order valence-electron chi connectivity index (χ0n) is 15.2. The standard InChI is InChI=1S/C20H23N3O2S/c1-4-23(5-2)19(24)18(14-9-7-6-8-10-14)26-20-21-16-12-11-15(25-3)13-17(16)22-20/h6-13,18H,4-5H2,1-3H3,(H,21,22)/t18-/m1/s1. The SMILES string of the molecule is CCN(CC)C(=O)[C@H](Sc1nc2ccc(OC)cc2[nH]1)c1ccccc1. The number of amides is 1. The minimum Gasteiger partial charge on any atom is -0.497 e. The van der Waals surface area contributed by atoms with Crippen LogP contribution in [0.5, 0.6) is 5.75 Å². The second kappa shape index (κ2) is 8.27. The molecule has 0 radical (unpaired) electrons. The number of H-pyrrole nitrogens is 1. The molecule has 0 unspecified atom stereocenters. The van der Waals surface area contributed by atoms with Crippen molar-refractivity contribution in [2.75, 3.05) is 20.2 Å². The lowest BCUT2D eigenvalue weighted by Crippen LogP contribution is -2.33. The van der Waals surface area contributed by atoms with Gasteiger partial charge in [0.05, 0.1) is 18.1 Å². The minimum atomic E-state index is -0.335. The third kappa shape index (κ3) is 3.85. The summed E-state index contributed by atoms with van der Waals surface area (Å²) in [6.07, 6.45) is 0. The van der Waals surface area contributed by atoms with E-state index in [9.17, 15) is 4.79 Å². The second-order valence-electron chi connectivity index (χ2n) is 5.84. The van der Waals surface area contributed by atoms with Crippen LogP contribution in [0.4, 0.5) is 0 Å². The molecular weight excluding hydrogens is 346 g/mol. The van der Waals surface area contributed by atoms with Gasteiger partial charge in [0.25, 0.3) is 0 Å². The molecule has 1 amide bonds. The molecule has 2 aromatic carbocycles. The van der Waals surface area contributed by atoms with E-state index in [-0.39, 0.29) is 11.2 Å². The predicted molar refractivity (Wildman–Crippen MR) is 106 cm³/mol. The van der Waals surface area contributed by atoms with E-state index in [0.29, 0.717) is 13.1 Å². The monoisotopic (exact) mass is 369 g/mol. The van der Waals surface area contributed by atoms with Gasteiger partial charge in [0, 0.05) is 19.2 Å². The van der Waals surface area contributed by atoms with Crippen molar-refractivity contribution in [3.05, 3.63) is 54.1 Å². The number of methoxy groups -OCH3 is 1. The van der Waals surface area contributed by atoms with Crippen molar-refractivity contribution < 1.29 is 9.53 Å². The second-order valence-corrected chi connectivity index (χ2v) is 6.94. The van der Waals surface area contributed by atoms with Crippen LogP contribution in [-0.4, -0.2) is 41.0 Å². The maximum Gasteiger partial charge on any atom is 0.240 e. The van der Waals surface area contributed by atoms with Gasteiger partial charge in [0.15, 0.2) is 5.16 Å². The van der Waals surface area contributed by atoms with Crippen LogP contribution < -0.4 is 4.74 Å². The summed E-state index contributed by atoms with van der Waals surface area (Å²) in [5, 5.41) is 0.390. The van der Waals surface area contributed by atoms with Crippen molar-refractivity contribution in [2.24, 2.45) is 0 Å². The van der Waals surface area contributed by atoms with Gasteiger partial charge in [-0.25, -0.2) is 4.98 Å². The maximum absolute atomic E-state index is 13.1. The van der Waals surface area contributed by atoms with E-state index in [2.05, 4.69) is 9.97 Å².